The maximum atomic E-state index is 9.91. The number of aliphatic hydroxyl groups excluding tert-OH is 1. The first-order valence-electron chi connectivity index (χ1n) is 3.10. The van der Waals surface area contributed by atoms with Crippen LogP contribution in [-0.4, -0.2) is 22.7 Å². The second-order valence-corrected chi connectivity index (χ2v) is 2.80. The largest absolute Gasteiger partial charge is 0.694 e. The van der Waals surface area contributed by atoms with E-state index in [9.17, 15) is 4.57 Å². The maximum Gasteiger partial charge on any atom is 0.694 e. The minimum absolute atomic E-state index is 0.233. The van der Waals surface area contributed by atoms with Crippen molar-refractivity contribution in [1.29, 1.82) is 0 Å². The topological polar surface area (TPSA) is 66.8 Å². The molecule has 0 heterocycles. The first kappa shape index (κ1) is 9.98. The molecular formula is C5H12O4P+. The molecular weight excluding hydrogens is 155 g/mol. The average molecular weight is 167 g/mol. The van der Waals surface area contributed by atoms with Crippen molar-refractivity contribution in [1.82, 2.24) is 0 Å². The summed E-state index contributed by atoms with van der Waals surface area (Å²) in [7, 11) is -2.46. The number of rotatable bonds is 5. The van der Waals surface area contributed by atoms with Crippen molar-refractivity contribution >= 4 is 8.25 Å². The Morgan fingerprint density at radius 1 is 1.70 bits per heavy atom. The molecule has 2 N–H and O–H groups in total. The van der Waals surface area contributed by atoms with E-state index in [0.29, 0.717) is 12.8 Å². The van der Waals surface area contributed by atoms with E-state index in [1.165, 1.54) is 0 Å². The molecule has 0 rings (SSSR count). The predicted molar refractivity (Wildman–Crippen MR) is 36.7 cm³/mol. The lowest BCUT2D eigenvalue weighted by atomic mass is 10.2. The Balaban J connectivity index is 2.98. The lowest BCUT2D eigenvalue weighted by Gasteiger charge is -1.98. The maximum absolute atomic E-state index is 9.91. The summed E-state index contributed by atoms with van der Waals surface area (Å²) < 4.78 is 14.3. The third kappa shape index (κ3) is 7.98. The van der Waals surface area contributed by atoms with Gasteiger partial charge in [-0.2, -0.15) is 0 Å². The van der Waals surface area contributed by atoms with Gasteiger partial charge in [0.05, 0.1) is 6.10 Å². The summed E-state index contributed by atoms with van der Waals surface area (Å²) in [5.74, 6) is 0. The SMILES string of the molecule is CC(O)CCCO[P+](=O)O. The van der Waals surface area contributed by atoms with Gasteiger partial charge in [-0.05, 0) is 19.8 Å². The highest BCUT2D eigenvalue weighted by Gasteiger charge is 2.10. The molecule has 0 saturated carbocycles. The third-order valence-electron chi connectivity index (χ3n) is 0.968. The quantitative estimate of drug-likeness (QED) is 0.469. The third-order valence-corrected chi connectivity index (χ3v) is 1.37. The molecule has 10 heavy (non-hydrogen) atoms. The van der Waals surface area contributed by atoms with Crippen LogP contribution in [0.5, 0.6) is 0 Å². The van der Waals surface area contributed by atoms with Crippen molar-refractivity contribution in [3.8, 4) is 0 Å². The Bertz CT molecular complexity index is 104. The van der Waals surface area contributed by atoms with E-state index in [2.05, 4.69) is 4.52 Å². The van der Waals surface area contributed by atoms with Crippen molar-refractivity contribution in [2.75, 3.05) is 6.61 Å². The molecule has 0 aliphatic rings. The normalized spacial score (nSPS) is 14.9. The van der Waals surface area contributed by atoms with Crippen LogP contribution in [0.25, 0.3) is 0 Å². The van der Waals surface area contributed by atoms with Crippen LogP contribution in [-0.2, 0) is 9.09 Å². The van der Waals surface area contributed by atoms with Gasteiger partial charge in [0.1, 0.15) is 6.61 Å². The summed E-state index contributed by atoms with van der Waals surface area (Å²) in [6.45, 7) is 1.90. The second-order valence-electron chi connectivity index (χ2n) is 2.06. The fourth-order valence-electron chi connectivity index (χ4n) is 0.521. The van der Waals surface area contributed by atoms with Crippen LogP contribution in [0.1, 0.15) is 19.8 Å². The summed E-state index contributed by atoms with van der Waals surface area (Å²) in [5.41, 5.74) is 0. The molecule has 0 radical (unpaired) electrons. The average Bonchev–Trinajstić information content (AvgIpc) is 1.79. The molecule has 0 aliphatic carbocycles. The summed E-state index contributed by atoms with van der Waals surface area (Å²) in [6, 6.07) is 0. The molecule has 4 nitrogen and oxygen atoms in total. The van der Waals surface area contributed by atoms with Gasteiger partial charge in [0.15, 0.2) is 0 Å². The van der Waals surface area contributed by atoms with Gasteiger partial charge in [-0.25, -0.2) is 0 Å². The van der Waals surface area contributed by atoms with E-state index >= 15 is 0 Å². The van der Waals surface area contributed by atoms with E-state index in [1.807, 2.05) is 0 Å². The van der Waals surface area contributed by atoms with Gasteiger partial charge in [-0.1, -0.05) is 0 Å². The van der Waals surface area contributed by atoms with E-state index in [0.717, 1.165) is 0 Å². The van der Waals surface area contributed by atoms with Crippen LogP contribution in [0.2, 0.25) is 0 Å². The Morgan fingerprint density at radius 2 is 2.30 bits per heavy atom. The summed E-state index contributed by atoms with van der Waals surface area (Å²) >= 11 is 0. The molecule has 2 unspecified atom stereocenters. The van der Waals surface area contributed by atoms with Crippen LogP contribution in [0, 0.1) is 0 Å². The molecule has 0 amide bonds. The Labute approximate surface area is 60.8 Å². The molecule has 0 spiro atoms. The summed E-state index contributed by atoms with van der Waals surface area (Å²) in [6.07, 6.45) is 0.850. The highest BCUT2D eigenvalue weighted by atomic mass is 31.1. The Hall–Kier alpha value is -0.0200. The minimum Gasteiger partial charge on any atom is -0.393 e. The smallest absolute Gasteiger partial charge is 0.393 e. The van der Waals surface area contributed by atoms with Gasteiger partial charge < -0.3 is 5.11 Å². The summed E-state index contributed by atoms with van der Waals surface area (Å²) in [4.78, 5) is 8.14. The first-order chi connectivity index (χ1) is 4.63. The zero-order valence-corrected chi connectivity index (χ0v) is 6.75. The van der Waals surface area contributed by atoms with Crippen molar-refractivity contribution < 1.29 is 19.1 Å². The first-order valence-corrected chi connectivity index (χ1v) is 4.23. The van der Waals surface area contributed by atoms with E-state index in [1.54, 1.807) is 6.92 Å². The van der Waals surface area contributed by atoms with Gasteiger partial charge in [0.2, 0.25) is 0 Å². The van der Waals surface area contributed by atoms with Gasteiger partial charge in [-0.15, -0.1) is 9.42 Å². The molecule has 0 aromatic rings. The van der Waals surface area contributed by atoms with Crippen molar-refractivity contribution in [3.63, 3.8) is 0 Å². The summed E-state index contributed by atoms with van der Waals surface area (Å²) in [5, 5.41) is 8.73. The van der Waals surface area contributed by atoms with Gasteiger partial charge in [0.25, 0.3) is 0 Å². The van der Waals surface area contributed by atoms with Crippen molar-refractivity contribution in [2.24, 2.45) is 0 Å². The second kappa shape index (κ2) is 5.74. The van der Waals surface area contributed by atoms with Crippen molar-refractivity contribution in [3.05, 3.63) is 0 Å². The lowest BCUT2D eigenvalue weighted by molar-refractivity contribution is 0.169. The zero-order valence-electron chi connectivity index (χ0n) is 5.86. The molecule has 0 aromatic carbocycles. The van der Waals surface area contributed by atoms with E-state index < -0.39 is 8.25 Å². The Kier molecular flexibility index (Phi) is 5.73. The molecule has 0 fully saturated rings. The minimum atomic E-state index is -2.46. The van der Waals surface area contributed by atoms with Gasteiger partial charge in [-0.3, -0.25) is 0 Å². The van der Waals surface area contributed by atoms with Crippen LogP contribution in [0.15, 0.2) is 0 Å². The van der Waals surface area contributed by atoms with E-state index in [-0.39, 0.29) is 12.7 Å². The fraction of sp³-hybridized carbons (Fsp3) is 1.00. The number of hydrogen-bond acceptors (Lipinski definition) is 3. The molecule has 2 atom stereocenters. The molecule has 60 valence electrons. The molecule has 0 bridgehead atoms. The standard InChI is InChI=1S/C5H11O4P/c1-5(6)3-2-4-9-10(7)8/h5-6H,2-4H2,1H3/p+1. The molecule has 5 heteroatoms. The van der Waals surface area contributed by atoms with Gasteiger partial charge in [0, 0.05) is 4.57 Å². The predicted octanol–water partition coefficient (Wildman–Crippen LogP) is 0.814. The molecule has 0 aromatic heterocycles. The lowest BCUT2D eigenvalue weighted by Crippen LogP contribution is -2.00. The fourth-order valence-corrected chi connectivity index (χ4v) is 0.807. The highest BCUT2D eigenvalue weighted by molar-refractivity contribution is 7.32. The highest BCUT2D eigenvalue weighted by Crippen LogP contribution is 2.14. The van der Waals surface area contributed by atoms with Crippen LogP contribution >= 0.6 is 8.25 Å². The van der Waals surface area contributed by atoms with E-state index in [4.69, 9.17) is 10.00 Å². The Morgan fingerprint density at radius 3 is 2.70 bits per heavy atom. The van der Waals surface area contributed by atoms with Crippen LogP contribution in [0.4, 0.5) is 0 Å². The van der Waals surface area contributed by atoms with Crippen LogP contribution in [0.3, 0.4) is 0 Å². The molecule has 0 saturated heterocycles. The van der Waals surface area contributed by atoms with Crippen molar-refractivity contribution in [2.45, 2.75) is 25.9 Å². The number of aliphatic hydroxyl groups is 1. The molecule has 0 aliphatic heterocycles. The monoisotopic (exact) mass is 167 g/mol. The van der Waals surface area contributed by atoms with Gasteiger partial charge >= 0.3 is 8.25 Å². The number of hydrogen-bond donors (Lipinski definition) is 2. The zero-order chi connectivity index (χ0) is 7.98. The van der Waals surface area contributed by atoms with Crippen LogP contribution < -0.4 is 0 Å².